The highest BCUT2D eigenvalue weighted by Crippen LogP contribution is 2.21. The monoisotopic (exact) mass is 254 g/mol. The van der Waals surface area contributed by atoms with Crippen LogP contribution in [-0.2, 0) is 9.59 Å². The second-order valence-corrected chi connectivity index (χ2v) is 4.96. The smallest absolute Gasteiger partial charge is 0.309 e. The highest BCUT2D eigenvalue weighted by Gasteiger charge is 2.30. The molecule has 0 radical (unpaired) electrons. The number of oxazole rings is 1. The van der Waals surface area contributed by atoms with Gasteiger partial charge < -0.3 is 14.8 Å². The summed E-state index contributed by atoms with van der Waals surface area (Å²) in [6.45, 7) is 6.51. The molecule has 6 heteroatoms. The van der Waals surface area contributed by atoms with Crippen molar-refractivity contribution < 1.29 is 19.1 Å². The van der Waals surface area contributed by atoms with Gasteiger partial charge in [0.05, 0.1) is 11.6 Å². The summed E-state index contributed by atoms with van der Waals surface area (Å²) < 4.78 is 5.28. The molecule has 0 spiro atoms. The van der Waals surface area contributed by atoms with Crippen LogP contribution in [0, 0.1) is 12.3 Å². The van der Waals surface area contributed by atoms with Crippen LogP contribution < -0.4 is 5.32 Å². The normalized spacial score (nSPS) is 13.1. The van der Waals surface area contributed by atoms with Gasteiger partial charge in [-0.3, -0.25) is 9.59 Å². The summed E-state index contributed by atoms with van der Waals surface area (Å²) in [5, 5.41) is 11.6. The molecular formula is C12H18N2O4. The van der Waals surface area contributed by atoms with Crippen molar-refractivity contribution in [2.24, 2.45) is 5.41 Å². The van der Waals surface area contributed by atoms with Crippen LogP contribution >= 0.6 is 0 Å². The van der Waals surface area contributed by atoms with Crippen molar-refractivity contribution in [1.29, 1.82) is 0 Å². The van der Waals surface area contributed by atoms with E-state index in [0.717, 1.165) is 0 Å². The van der Waals surface area contributed by atoms with E-state index >= 15 is 0 Å². The summed E-state index contributed by atoms with van der Waals surface area (Å²) in [6, 6.07) is -0.379. The molecule has 1 aromatic rings. The highest BCUT2D eigenvalue weighted by atomic mass is 16.4. The first kappa shape index (κ1) is 14.2. The Morgan fingerprint density at radius 1 is 1.56 bits per heavy atom. The zero-order valence-electron chi connectivity index (χ0n) is 11.0. The fourth-order valence-corrected chi connectivity index (χ4v) is 1.40. The minimum Gasteiger partial charge on any atom is -0.481 e. The number of carbonyl (C=O) groups is 2. The first-order valence-corrected chi connectivity index (χ1v) is 5.67. The van der Waals surface area contributed by atoms with Crippen LogP contribution in [0.25, 0.3) is 0 Å². The minimum atomic E-state index is -1.09. The molecule has 0 aromatic carbocycles. The number of hydrogen-bond acceptors (Lipinski definition) is 4. The van der Waals surface area contributed by atoms with E-state index in [-0.39, 0.29) is 18.4 Å². The number of rotatable bonds is 5. The summed E-state index contributed by atoms with van der Waals surface area (Å²) in [5.41, 5.74) is -1.09. The van der Waals surface area contributed by atoms with Gasteiger partial charge in [0.15, 0.2) is 0 Å². The van der Waals surface area contributed by atoms with E-state index in [1.807, 2.05) is 0 Å². The SMILES string of the molecule is Cc1cnc(C(C)NC(=O)CC(C)(C)C(=O)O)o1. The molecule has 1 atom stereocenters. The molecule has 2 N–H and O–H groups in total. The van der Waals surface area contributed by atoms with E-state index < -0.39 is 11.4 Å². The third kappa shape index (κ3) is 3.58. The number of aromatic nitrogens is 1. The van der Waals surface area contributed by atoms with Crippen LogP contribution in [0.3, 0.4) is 0 Å². The van der Waals surface area contributed by atoms with Crippen LogP contribution in [0.2, 0.25) is 0 Å². The molecule has 0 aliphatic heterocycles. The Morgan fingerprint density at radius 2 is 2.17 bits per heavy atom. The van der Waals surface area contributed by atoms with Gasteiger partial charge in [-0.15, -0.1) is 0 Å². The molecule has 1 amide bonds. The van der Waals surface area contributed by atoms with Crippen LogP contribution in [0.1, 0.15) is 44.9 Å². The van der Waals surface area contributed by atoms with Gasteiger partial charge in [0.1, 0.15) is 11.8 Å². The van der Waals surface area contributed by atoms with Crippen molar-refractivity contribution in [3.8, 4) is 0 Å². The first-order chi connectivity index (χ1) is 8.22. The summed E-state index contributed by atoms with van der Waals surface area (Å²) >= 11 is 0. The molecular weight excluding hydrogens is 236 g/mol. The largest absolute Gasteiger partial charge is 0.481 e. The Kier molecular flexibility index (Phi) is 4.11. The number of hydrogen-bond donors (Lipinski definition) is 2. The van der Waals surface area contributed by atoms with Crippen molar-refractivity contribution in [3.05, 3.63) is 17.8 Å². The molecule has 1 aromatic heterocycles. The number of carbonyl (C=O) groups excluding carboxylic acids is 1. The van der Waals surface area contributed by atoms with E-state index in [4.69, 9.17) is 9.52 Å². The van der Waals surface area contributed by atoms with E-state index in [0.29, 0.717) is 11.7 Å². The second kappa shape index (κ2) is 5.20. The Morgan fingerprint density at radius 3 is 2.61 bits per heavy atom. The van der Waals surface area contributed by atoms with Crippen LogP contribution in [0.15, 0.2) is 10.6 Å². The standard InChI is InChI=1S/C12H18N2O4/c1-7-6-13-10(18-7)8(2)14-9(15)5-12(3,4)11(16)17/h6,8H,5H2,1-4H3,(H,14,15)(H,16,17). The average molecular weight is 254 g/mol. The molecule has 100 valence electrons. The third-order valence-corrected chi connectivity index (χ3v) is 2.57. The summed E-state index contributed by atoms with van der Waals surface area (Å²) in [6.07, 6.45) is 1.48. The Labute approximate surface area is 105 Å². The topological polar surface area (TPSA) is 92.4 Å². The molecule has 0 saturated heterocycles. The molecule has 6 nitrogen and oxygen atoms in total. The number of aliphatic carboxylic acids is 1. The molecule has 0 aliphatic carbocycles. The maximum atomic E-state index is 11.7. The van der Waals surface area contributed by atoms with E-state index in [2.05, 4.69) is 10.3 Å². The molecule has 1 unspecified atom stereocenters. The second-order valence-electron chi connectivity index (χ2n) is 4.96. The van der Waals surface area contributed by atoms with Gasteiger partial charge >= 0.3 is 5.97 Å². The van der Waals surface area contributed by atoms with Crippen LogP contribution in [0.4, 0.5) is 0 Å². The molecule has 18 heavy (non-hydrogen) atoms. The lowest BCUT2D eigenvalue weighted by Crippen LogP contribution is -2.34. The number of nitrogens with zero attached hydrogens (tertiary/aromatic N) is 1. The average Bonchev–Trinajstić information content (AvgIpc) is 2.63. The van der Waals surface area contributed by atoms with Gasteiger partial charge in [-0.1, -0.05) is 0 Å². The number of carboxylic acids is 1. The van der Waals surface area contributed by atoms with Crippen molar-refractivity contribution in [2.75, 3.05) is 0 Å². The molecule has 0 saturated carbocycles. The van der Waals surface area contributed by atoms with Gasteiger partial charge in [0, 0.05) is 6.42 Å². The fourth-order valence-electron chi connectivity index (χ4n) is 1.40. The zero-order valence-corrected chi connectivity index (χ0v) is 11.0. The van der Waals surface area contributed by atoms with E-state index in [1.165, 1.54) is 13.8 Å². The highest BCUT2D eigenvalue weighted by molar-refractivity contribution is 5.84. The van der Waals surface area contributed by atoms with Gasteiger partial charge in [0.2, 0.25) is 11.8 Å². The van der Waals surface area contributed by atoms with E-state index in [1.54, 1.807) is 20.0 Å². The van der Waals surface area contributed by atoms with Crippen molar-refractivity contribution in [1.82, 2.24) is 10.3 Å². The number of carboxylic acid groups (broad SMARTS) is 1. The summed E-state index contributed by atoms with van der Waals surface area (Å²) in [4.78, 5) is 26.6. The lowest BCUT2D eigenvalue weighted by atomic mass is 9.89. The molecule has 0 aliphatic rings. The van der Waals surface area contributed by atoms with Crippen LogP contribution in [-0.4, -0.2) is 22.0 Å². The summed E-state index contributed by atoms with van der Waals surface area (Å²) in [7, 11) is 0. The Hall–Kier alpha value is -1.85. The Balaban J connectivity index is 2.58. The lowest BCUT2D eigenvalue weighted by Gasteiger charge is -2.19. The molecule has 0 bridgehead atoms. The minimum absolute atomic E-state index is 0.0909. The maximum Gasteiger partial charge on any atom is 0.309 e. The first-order valence-electron chi connectivity index (χ1n) is 5.67. The van der Waals surface area contributed by atoms with Gasteiger partial charge in [-0.25, -0.2) is 4.98 Å². The van der Waals surface area contributed by atoms with Crippen molar-refractivity contribution in [3.63, 3.8) is 0 Å². The quantitative estimate of drug-likeness (QED) is 0.833. The van der Waals surface area contributed by atoms with Gasteiger partial charge in [0.25, 0.3) is 0 Å². The van der Waals surface area contributed by atoms with Crippen molar-refractivity contribution >= 4 is 11.9 Å². The molecule has 1 heterocycles. The van der Waals surface area contributed by atoms with E-state index in [9.17, 15) is 9.59 Å². The van der Waals surface area contributed by atoms with Gasteiger partial charge in [-0.05, 0) is 27.7 Å². The third-order valence-electron chi connectivity index (χ3n) is 2.57. The predicted molar refractivity (Wildman–Crippen MR) is 63.8 cm³/mol. The molecule has 0 fully saturated rings. The molecule has 1 rings (SSSR count). The number of aryl methyl sites for hydroxylation is 1. The number of nitrogens with one attached hydrogen (secondary N) is 1. The Bertz CT molecular complexity index is 451. The van der Waals surface area contributed by atoms with Crippen LogP contribution in [0.5, 0.6) is 0 Å². The van der Waals surface area contributed by atoms with Crippen molar-refractivity contribution in [2.45, 2.75) is 40.2 Å². The maximum absolute atomic E-state index is 11.7. The fraction of sp³-hybridized carbons (Fsp3) is 0.583. The zero-order chi connectivity index (χ0) is 13.9. The number of amides is 1. The predicted octanol–water partition coefficient (Wildman–Crippen LogP) is 1.66. The van der Waals surface area contributed by atoms with Gasteiger partial charge in [-0.2, -0.15) is 0 Å². The lowest BCUT2D eigenvalue weighted by molar-refractivity contribution is -0.149. The summed E-state index contributed by atoms with van der Waals surface area (Å²) in [5.74, 6) is -0.269.